The van der Waals surface area contributed by atoms with Crippen LogP contribution in [0.3, 0.4) is 0 Å². The molecule has 76 valence electrons. The van der Waals surface area contributed by atoms with Crippen molar-refractivity contribution in [3.8, 4) is 0 Å². The van der Waals surface area contributed by atoms with E-state index in [2.05, 4.69) is 10.4 Å². The molecule has 14 heavy (non-hydrogen) atoms. The Bertz CT molecular complexity index is 314. The van der Waals surface area contributed by atoms with Crippen molar-refractivity contribution < 1.29 is 4.79 Å². The number of carbonyl (C=O) groups excluding carboxylic acids is 1. The molecule has 1 amide bonds. The Morgan fingerprint density at radius 3 is 2.86 bits per heavy atom. The Morgan fingerprint density at radius 1 is 1.64 bits per heavy atom. The molecule has 1 aromatic heterocycles. The summed E-state index contributed by atoms with van der Waals surface area (Å²) in [4.78, 5) is 15.9. The molecule has 0 aromatic carbocycles. The van der Waals surface area contributed by atoms with Crippen LogP contribution in [-0.2, 0) is 4.79 Å². The monoisotopic (exact) mass is 212 g/mol. The van der Waals surface area contributed by atoms with E-state index in [0.29, 0.717) is 5.82 Å². The van der Waals surface area contributed by atoms with Gasteiger partial charge in [-0.25, -0.2) is 10.8 Å². The minimum atomic E-state index is -0.245. The topological polar surface area (TPSA) is 94.0 Å². The maximum absolute atomic E-state index is 11.1. The lowest BCUT2D eigenvalue weighted by molar-refractivity contribution is -0.120. The summed E-state index contributed by atoms with van der Waals surface area (Å²) >= 11 is 1.37. The largest absolute Gasteiger partial charge is 0.384 e. The molecule has 1 rings (SSSR count). The maximum atomic E-state index is 11.1. The molecular weight excluding hydrogens is 200 g/mol. The molecule has 0 saturated heterocycles. The summed E-state index contributed by atoms with van der Waals surface area (Å²) in [5.74, 6) is 5.25. The van der Waals surface area contributed by atoms with E-state index < -0.39 is 0 Å². The van der Waals surface area contributed by atoms with Gasteiger partial charge >= 0.3 is 0 Å². The summed E-state index contributed by atoms with van der Waals surface area (Å²) in [6.45, 7) is 1.77. The second-order valence-corrected chi connectivity index (χ2v) is 4.10. The third-order valence-corrected chi connectivity index (χ3v) is 2.66. The van der Waals surface area contributed by atoms with Crippen molar-refractivity contribution in [1.29, 1.82) is 0 Å². The van der Waals surface area contributed by atoms with Crippen LogP contribution in [0.15, 0.2) is 23.2 Å². The van der Waals surface area contributed by atoms with Gasteiger partial charge in [-0.05, 0) is 19.1 Å². The van der Waals surface area contributed by atoms with Crippen molar-refractivity contribution in [2.75, 3.05) is 5.73 Å². The number of aromatic nitrogens is 1. The fraction of sp³-hybridized carbons (Fsp3) is 0.250. The number of nitrogen functional groups attached to an aromatic ring is 1. The number of nitrogens with zero attached hydrogens (tertiary/aromatic N) is 1. The molecule has 5 N–H and O–H groups in total. The van der Waals surface area contributed by atoms with E-state index in [-0.39, 0.29) is 11.2 Å². The lowest BCUT2D eigenvalue weighted by atomic mass is 10.4. The van der Waals surface area contributed by atoms with Gasteiger partial charge in [0.2, 0.25) is 5.91 Å². The summed E-state index contributed by atoms with van der Waals surface area (Å²) in [6.07, 6.45) is 1.63. The van der Waals surface area contributed by atoms with Gasteiger partial charge in [-0.2, -0.15) is 0 Å². The second kappa shape index (κ2) is 4.83. The van der Waals surface area contributed by atoms with E-state index in [1.807, 2.05) is 6.07 Å². The quantitative estimate of drug-likeness (QED) is 0.287. The molecule has 1 unspecified atom stereocenters. The first-order valence-electron chi connectivity index (χ1n) is 4.02. The number of hydrogen-bond donors (Lipinski definition) is 3. The average Bonchev–Trinajstić information content (AvgIpc) is 2.20. The number of anilines is 1. The van der Waals surface area contributed by atoms with Gasteiger partial charge in [-0.1, -0.05) is 0 Å². The van der Waals surface area contributed by atoms with Gasteiger partial charge in [0, 0.05) is 11.1 Å². The Labute approximate surface area is 86.2 Å². The average molecular weight is 212 g/mol. The van der Waals surface area contributed by atoms with Gasteiger partial charge < -0.3 is 5.73 Å². The van der Waals surface area contributed by atoms with Gasteiger partial charge in [0.15, 0.2) is 0 Å². The number of amides is 1. The van der Waals surface area contributed by atoms with Crippen molar-refractivity contribution in [3.63, 3.8) is 0 Å². The molecule has 0 aliphatic rings. The number of nitrogens with one attached hydrogen (secondary N) is 1. The van der Waals surface area contributed by atoms with E-state index in [0.717, 1.165) is 4.90 Å². The van der Waals surface area contributed by atoms with E-state index in [4.69, 9.17) is 11.6 Å². The molecular formula is C8H12N4OS. The van der Waals surface area contributed by atoms with Crippen LogP contribution >= 0.6 is 11.8 Å². The molecule has 0 aliphatic heterocycles. The van der Waals surface area contributed by atoms with E-state index in [1.165, 1.54) is 11.8 Å². The predicted octanol–water partition coefficient (Wildman–Crippen LogP) is 0.134. The number of hydrogen-bond acceptors (Lipinski definition) is 5. The van der Waals surface area contributed by atoms with Crippen molar-refractivity contribution in [2.24, 2.45) is 5.84 Å². The summed E-state index contributed by atoms with van der Waals surface area (Å²) in [6, 6.07) is 3.50. The number of rotatable bonds is 3. The zero-order valence-corrected chi connectivity index (χ0v) is 8.54. The fourth-order valence-electron chi connectivity index (χ4n) is 0.836. The highest BCUT2D eigenvalue weighted by Crippen LogP contribution is 2.22. The van der Waals surface area contributed by atoms with Crippen LogP contribution in [0.2, 0.25) is 0 Å². The number of thioether (sulfide) groups is 1. The number of pyridine rings is 1. The maximum Gasteiger partial charge on any atom is 0.247 e. The van der Waals surface area contributed by atoms with Crippen LogP contribution in [0.5, 0.6) is 0 Å². The van der Waals surface area contributed by atoms with E-state index in [1.54, 1.807) is 19.2 Å². The molecule has 0 bridgehead atoms. The first-order chi connectivity index (χ1) is 6.63. The molecule has 1 aromatic rings. The summed E-state index contributed by atoms with van der Waals surface area (Å²) < 4.78 is 0. The third kappa shape index (κ3) is 2.90. The molecule has 0 spiro atoms. The number of hydrazine groups is 1. The Balaban J connectivity index is 2.60. The Kier molecular flexibility index (Phi) is 3.73. The number of nitrogens with two attached hydrogens (primary N) is 2. The highest BCUT2D eigenvalue weighted by atomic mass is 32.2. The van der Waals surface area contributed by atoms with Crippen LogP contribution in [0.25, 0.3) is 0 Å². The molecule has 0 aliphatic carbocycles. The second-order valence-electron chi connectivity index (χ2n) is 2.69. The lowest BCUT2D eigenvalue weighted by Gasteiger charge is -2.08. The van der Waals surface area contributed by atoms with Gasteiger partial charge in [0.05, 0.1) is 5.25 Å². The van der Waals surface area contributed by atoms with E-state index >= 15 is 0 Å². The normalized spacial score (nSPS) is 12.1. The highest BCUT2D eigenvalue weighted by molar-refractivity contribution is 8.00. The smallest absolute Gasteiger partial charge is 0.247 e. The van der Waals surface area contributed by atoms with Crippen molar-refractivity contribution in [3.05, 3.63) is 18.3 Å². The standard InChI is InChI=1S/C8H12N4OS/c1-5(8(13)12-10)14-6-2-3-7(9)11-4-6/h2-5H,10H2,1H3,(H2,9,11)(H,12,13). The highest BCUT2D eigenvalue weighted by Gasteiger charge is 2.12. The summed E-state index contributed by atoms with van der Waals surface area (Å²) in [5, 5.41) is -0.245. The summed E-state index contributed by atoms with van der Waals surface area (Å²) in [7, 11) is 0. The molecule has 5 nitrogen and oxygen atoms in total. The Hall–Kier alpha value is -1.27. The van der Waals surface area contributed by atoms with Gasteiger partial charge in [0.1, 0.15) is 5.82 Å². The van der Waals surface area contributed by atoms with Gasteiger partial charge in [0.25, 0.3) is 0 Å². The molecule has 1 atom stereocenters. The third-order valence-electron chi connectivity index (χ3n) is 1.58. The molecule has 0 saturated carbocycles. The SMILES string of the molecule is CC(Sc1ccc(N)nc1)C(=O)NN. The van der Waals surface area contributed by atoms with Crippen LogP contribution in [-0.4, -0.2) is 16.1 Å². The first kappa shape index (κ1) is 10.8. The van der Waals surface area contributed by atoms with Crippen molar-refractivity contribution in [1.82, 2.24) is 10.4 Å². The summed E-state index contributed by atoms with van der Waals surface area (Å²) in [5.41, 5.74) is 7.52. The van der Waals surface area contributed by atoms with Crippen LogP contribution in [0.1, 0.15) is 6.92 Å². The first-order valence-corrected chi connectivity index (χ1v) is 4.90. The van der Waals surface area contributed by atoms with Crippen LogP contribution < -0.4 is 17.0 Å². The molecule has 1 heterocycles. The van der Waals surface area contributed by atoms with Crippen molar-refractivity contribution in [2.45, 2.75) is 17.1 Å². The zero-order valence-electron chi connectivity index (χ0n) is 7.73. The Morgan fingerprint density at radius 2 is 2.36 bits per heavy atom. The molecule has 0 fully saturated rings. The van der Waals surface area contributed by atoms with Gasteiger partial charge in [-0.3, -0.25) is 10.2 Å². The van der Waals surface area contributed by atoms with Crippen LogP contribution in [0.4, 0.5) is 5.82 Å². The van der Waals surface area contributed by atoms with E-state index in [9.17, 15) is 4.79 Å². The fourth-order valence-corrected chi connectivity index (χ4v) is 1.68. The molecule has 0 radical (unpaired) electrons. The van der Waals surface area contributed by atoms with Gasteiger partial charge in [-0.15, -0.1) is 11.8 Å². The minimum Gasteiger partial charge on any atom is -0.384 e. The predicted molar refractivity (Wildman–Crippen MR) is 56.3 cm³/mol. The molecule has 6 heteroatoms. The zero-order chi connectivity index (χ0) is 10.6. The van der Waals surface area contributed by atoms with Crippen LogP contribution in [0, 0.1) is 0 Å². The van der Waals surface area contributed by atoms with Crippen molar-refractivity contribution >= 4 is 23.5 Å². The lowest BCUT2D eigenvalue weighted by Crippen LogP contribution is -2.36. The number of carbonyl (C=O) groups is 1. The minimum absolute atomic E-state index is 0.216.